The lowest BCUT2D eigenvalue weighted by Crippen LogP contribution is -2.11. The van der Waals surface area contributed by atoms with Crippen molar-refractivity contribution in [1.29, 1.82) is 0 Å². The minimum Gasteiger partial charge on any atom is -0.415 e. The molecule has 3 aromatic carbocycles. The molecule has 3 aromatic rings. The smallest absolute Gasteiger partial charge is 0.415 e. The molecule has 1 N–H and O–H groups in total. The van der Waals surface area contributed by atoms with Crippen molar-refractivity contribution in [3.63, 3.8) is 0 Å². The molecular weight excluding hydrogens is 321 g/mol. The van der Waals surface area contributed by atoms with Gasteiger partial charge in [-0.05, 0) is 36.4 Å². The van der Waals surface area contributed by atoms with Gasteiger partial charge in [0.15, 0.2) is 0 Å². The van der Waals surface area contributed by atoms with E-state index < -0.39 is 7.60 Å². The van der Waals surface area contributed by atoms with E-state index in [1.165, 1.54) is 0 Å². The molecule has 3 rings (SSSR count). The van der Waals surface area contributed by atoms with Gasteiger partial charge in [-0.1, -0.05) is 54.6 Å². The van der Waals surface area contributed by atoms with Crippen molar-refractivity contribution in [3.8, 4) is 11.5 Å². The molecule has 0 saturated carbocycles. The molecule has 0 radical (unpaired) electrons. The van der Waals surface area contributed by atoms with Gasteiger partial charge in [0.25, 0.3) is 0 Å². The van der Waals surface area contributed by atoms with Crippen LogP contribution in [0, 0.1) is 0 Å². The summed E-state index contributed by atoms with van der Waals surface area (Å²) in [6.07, 6.45) is 0.0564. The molecule has 0 atom stereocenters. The molecule has 0 saturated heterocycles. The fourth-order valence-corrected chi connectivity index (χ4v) is 3.54. The second-order valence-corrected chi connectivity index (χ2v) is 7.02. The van der Waals surface area contributed by atoms with Gasteiger partial charge in [-0.3, -0.25) is 0 Å². The highest BCUT2D eigenvalue weighted by Gasteiger charge is 2.28. The highest BCUT2D eigenvalue weighted by molar-refractivity contribution is 7.54. The molecule has 122 valence electrons. The Balaban J connectivity index is 1.78. The second-order valence-electron chi connectivity index (χ2n) is 5.12. The Hall–Kier alpha value is -2.71. The molecule has 0 aliphatic heterocycles. The van der Waals surface area contributed by atoms with Crippen LogP contribution in [0.3, 0.4) is 0 Å². The average molecular weight is 339 g/mol. The zero-order valence-electron chi connectivity index (χ0n) is 13.0. The molecule has 0 amide bonds. The van der Waals surface area contributed by atoms with Crippen molar-refractivity contribution in [2.75, 3.05) is 11.6 Å². The lowest BCUT2D eigenvalue weighted by Gasteiger charge is -2.21. The lowest BCUT2D eigenvalue weighted by atomic mass is 10.3. The fraction of sp³-hybridized carbons (Fsp3) is 0.0526. The monoisotopic (exact) mass is 339 g/mol. The van der Waals surface area contributed by atoms with Crippen LogP contribution < -0.4 is 14.4 Å². The first-order valence-electron chi connectivity index (χ1n) is 7.61. The van der Waals surface area contributed by atoms with E-state index in [9.17, 15) is 4.57 Å². The molecule has 0 unspecified atom stereocenters. The Bertz CT molecular complexity index is 749. The van der Waals surface area contributed by atoms with Crippen molar-refractivity contribution in [3.05, 3.63) is 91.0 Å². The Labute approximate surface area is 141 Å². The number of benzene rings is 3. The summed E-state index contributed by atoms with van der Waals surface area (Å²) in [4.78, 5) is 0. The molecule has 0 fully saturated rings. The lowest BCUT2D eigenvalue weighted by molar-refractivity contribution is 0.388. The van der Waals surface area contributed by atoms with Crippen molar-refractivity contribution < 1.29 is 13.6 Å². The summed E-state index contributed by atoms with van der Waals surface area (Å²) in [7, 11) is -3.44. The van der Waals surface area contributed by atoms with Gasteiger partial charge in [-0.15, -0.1) is 0 Å². The molecule has 0 spiro atoms. The maximum absolute atomic E-state index is 13.2. The molecule has 5 heteroatoms. The standard InChI is InChI=1S/C19H18NO3P/c21-24(22-18-12-6-2-7-13-18,23-19-14-8-3-9-15-19)16-20-17-10-4-1-5-11-17/h1-15,20H,16H2. The molecule has 24 heavy (non-hydrogen) atoms. The summed E-state index contributed by atoms with van der Waals surface area (Å²) >= 11 is 0. The highest BCUT2D eigenvalue weighted by atomic mass is 31.2. The number of hydrogen-bond acceptors (Lipinski definition) is 4. The quantitative estimate of drug-likeness (QED) is 0.585. The minimum atomic E-state index is -3.44. The van der Waals surface area contributed by atoms with E-state index in [-0.39, 0.29) is 6.29 Å². The van der Waals surface area contributed by atoms with Crippen LogP contribution in [0.25, 0.3) is 0 Å². The van der Waals surface area contributed by atoms with Gasteiger partial charge in [0.2, 0.25) is 0 Å². The van der Waals surface area contributed by atoms with E-state index in [1.807, 2.05) is 66.7 Å². The number of anilines is 1. The van der Waals surface area contributed by atoms with Crippen LogP contribution in [0.15, 0.2) is 91.0 Å². The highest BCUT2D eigenvalue weighted by Crippen LogP contribution is 2.48. The topological polar surface area (TPSA) is 47.6 Å². The van der Waals surface area contributed by atoms with E-state index in [4.69, 9.17) is 9.05 Å². The van der Waals surface area contributed by atoms with Crippen molar-refractivity contribution in [2.45, 2.75) is 0 Å². The van der Waals surface area contributed by atoms with E-state index in [0.717, 1.165) is 5.69 Å². The first-order chi connectivity index (χ1) is 11.7. The van der Waals surface area contributed by atoms with Crippen molar-refractivity contribution in [2.24, 2.45) is 0 Å². The number of hydrogen-bond donors (Lipinski definition) is 1. The number of nitrogens with one attached hydrogen (secondary N) is 1. The van der Waals surface area contributed by atoms with Gasteiger partial charge in [-0.2, -0.15) is 0 Å². The Morgan fingerprint density at radius 1 is 0.667 bits per heavy atom. The summed E-state index contributed by atoms with van der Waals surface area (Å²) in [5.74, 6) is 1.01. The van der Waals surface area contributed by atoms with E-state index in [1.54, 1.807) is 24.3 Å². The molecule has 0 bridgehead atoms. The molecule has 4 nitrogen and oxygen atoms in total. The van der Waals surface area contributed by atoms with E-state index in [0.29, 0.717) is 11.5 Å². The van der Waals surface area contributed by atoms with Crippen molar-refractivity contribution in [1.82, 2.24) is 0 Å². The summed E-state index contributed by atoms with van der Waals surface area (Å²) in [5.41, 5.74) is 0.853. The summed E-state index contributed by atoms with van der Waals surface area (Å²) in [6, 6.07) is 27.6. The predicted octanol–water partition coefficient (Wildman–Crippen LogP) is 5.41. The Kier molecular flexibility index (Phi) is 5.19. The average Bonchev–Trinajstić information content (AvgIpc) is 2.63. The zero-order chi connectivity index (χ0) is 16.7. The van der Waals surface area contributed by atoms with Gasteiger partial charge in [0.1, 0.15) is 17.8 Å². The molecule has 0 aromatic heterocycles. The van der Waals surface area contributed by atoms with Crippen LogP contribution in [0.4, 0.5) is 5.69 Å². The first kappa shape index (κ1) is 16.2. The molecule has 0 aliphatic carbocycles. The third-order valence-electron chi connectivity index (χ3n) is 3.23. The molecular formula is C19H18NO3P. The summed E-state index contributed by atoms with van der Waals surface area (Å²) in [5, 5.41) is 3.11. The number of rotatable bonds is 7. The molecule has 0 aliphatic rings. The summed E-state index contributed by atoms with van der Waals surface area (Å²) < 4.78 is 24.6. The van der Waals surface area contributed by atoms with Gasteiger partial charge in [-0.25, -0.2) is 4.57 Å². The first-order valence-corrected chi connectivity index (χ1v) is 9.34. The maximum atomic E-state index is 13.2. The largest absolute Gasteiger partial charge is 0.449 e. The van der Waals surface area contributed by atoms with Gasteiger partial charge >= 0.3 is 7.60 Å². The minimum absolute atomic E-state index is 0.0564. The van der Waals surface area contributed by atoms with Gasteiger partial charge in [0.05, 0.1) is 0 Å². The number of para-hydroxylation sites is 3. The van der Waals surface area contributed by atoms with Crippen LogP contribution in [-0.4, -0.2) is 6.29 Å². The van der Waals surface area contributed by atoms with Crippen LogP contribution >= 0.6 is 7.60 Å². The SMILES string of the molecule is O=P(CNc1ccccc1)(Oc1ccccc1)Oc1ccccc1. The Morgan fingerprint density at radius 3 is 1.54 bits per heavy atom. The molecule has 0 heterocycles. The third kappa shape index (κ3) is 4.64. The van der Waals surface area contributed by atoms with Crippen LogP contribution in [0.2, 0.25) is 0 Å². The van der Waals surface area contributed by atoms with Gasteiger partial charge < -0.3 is 14.4 Å². The maximum Gasteiger partial charge on any atom is 0.449 e. The normalized spacial score (nSPS) is 10.8. The van der Waals surface area contributed by atoms with E-state index in [2.05, 4.69) is 5.32 Å². The van der Waals surface area contributed by atoms with Crippen LogP contribution in [0.5, 0.6) is 11.5 Å². The summed E-state index contributed by atoms with van der Waals surface area (Å²) in [6.45, 7) is 0. The second kappa shape index (κ2) is 7.71. The van der Waals surface area contributed by atoms with Gasteiger partial charge in [0, 0.05) is 5.69 Å². The zero-order valence-corrected chi connectivity index (χ0v) is 13.9. The van der Waals surface area contributed by atoms with Crippen LogP contribution in [-0.2, 0) is 4.57 Å². The fourth-order valence-electron chi connectivity index (χ4n) is 2.11. The Morgan fingerprint density at radius 2 is 1.08 bits per heavy atom. The third-order valence-corrected chi connectivity index (χ3v) is 4.75. The van der Waals surface area contributed by atoms with Crippen molar-refractivity contribution >= 4 is 13.3 Å². The predicted molar refractivity (Wildman–Crippen MR) is 96.7 cm³/mol. The van der Waals surface area contributed by atoms with Crippen LogP contribution in [0.1, 0.15) is 0 Å². The van der Waals surface area contributed by atoms with E-state index >= 15 is 0 Å².